The lowest BCUT2D eigenvalue weighted by Crippen LogP contribution is -1.97. The number of ether oxygens (including phenoxy) is 3. The first kappa shape index (κ1) is 16.5. The molecule has 0 amide bonds. The number of fused-ring (bicyclic) bond motifs is 1. The zero-order valence-electron chi connectivity index (χ0n) is 13.9. The number of aromatic nitrogens is 2. The summed E-state index contributed by atoms with van der Waals surface area (Å²) in [5, 5.41) is 0. The number of methoxy groups -OCH3 is 3. The minimum absolute atomic E-state index is 0.550. The molecule has 0 N–H and O–H groups in total. The van der Waals surface area contributed by atoms with E-state index >= 15 is 0 Å². The Bertz CT molecular complexity index is 887. The van der Waals surface area contributed by atoms with Gasteiger partial charge in [0.1, 0.15) is 5.52 Å². The van der Waals surface area contributed by atoms with Gasteiger partial charge in [0.25, 0.3) is 0 Å². The predicted octanol–water partition coefficient (Wildman–Crippen LogP) is 4.39. The lowest BCUT2D eigenvalue weighted by atomic mass is 10.1. The number of nitrogens with zero attached hydrogens (tertiary/aromatic N) is 2. The number of hydrogen-bond acceptors (Lipinski definition) is 5. The Kier molecular flexibility index (Phi) is 4.57. The first-order chi connectivity index (χ1) is 11.6. The standard InChI is InChI=1S/C18H17BrN2O3/c1-10-5-12(19)17-13(6-10)20-9-14(21-17)11-7-15(22-2)18(24-4)16(8-11)23-3/h5-9H,1-4H3. The Balaban J connectivity index is 2.20. The van der Waals surface area contributed by atoms with E-state index in [0.29, 0.717) is 17.2 Å². The third-order valence-electron chi connectivity index (χ3n) is 3.71. The van der Waals surface area contributed by atoms with Crippen molar-refractivity contribution in [2.45, 2.75) is 6.92 Å². The second-order valence-electron chi connectivity index (χ2n) is 5.28. The molecule has 0 saturated heterocycles. The van der Waals surface area contributed by atoms with Crippen molar-refractivity contribution in [2.24, 2.45) is 0 Å². The predicted molar refractivity (Wildman–Crippen MR) is 97.1 cm³/mol. The van der Waals surface area contributed by atoms with E-state index in [0.717, 1.165) is 32.3 Å². The average Bonchev–Trinajstić information content (AvgIpc) is 2.59. The Hall–Kier alpha value is -2.34. The third-order valence-corrected chi connectivity index (χ3v) is 4.31. The zero-order valence-corrected chi connectivity index (χ0v) is 15.5. The molecule has 6 heteroatoms. The molecule has 0 saturated carbocycles. The number of halogens is 1. The minimum atomic E-state index is 0.550. The summed E-state index contributed by atoms with van der Waals surface area (Å²) in [6.45, 7) is 2.03. The Morgan fingerprint density at radius 1 is 0.917 bits per heavy atom. The van der Waals surface area contributed by atoms with Crippen molar-refractivity contribution >= 4 is 27.0 Å². The second kappa shape index (κ2) is 6.65. The molecular formula is C18H17BrN2O3. The SMILES string of the molecule is COc1cc(-c2cnc3cc(C)cc(Br)c3n2)cc(OC)c1OC. The Morgan fingerprint density at radius 3 is 2.17 bits per heavy atom. The third kappa shape index (κ3) is 2.89. The first-order valence-electron chi connectivity index (χ1n) is 7.30. The van der Waals surface area contributed by atoms with Crippen LogP contribution in [0.1, 0.15) is 5.56 Å². The van der Waals surface area contributed by atoms with Crippen molar-refractivity contribution < 1.29 is 14.2 Å². The molecule has 2 aromatic carbocycles. The van der Waals surface area contributed by atoms with Gasteiger partial charge in [0.2, 0.25) is 5.75 Å². The van der Waals surface area contributed by atoms with E-state index in [1.165, 1.54) is 0 Å². The van der Waals surface area contributed by atoms with E-state index in [9.17, 15) is 0 Å². The fourth-order valence-electron chi connectivity index (χ4n) is 2.57. The molecule has 5 nitrogen and oxygen atoms in total. The van der Waals surface area contributed by atoms with Gasteiger partial charge in [0.15, 0.2) is 11.5 Å². The number of rotatable bonds is 4. The molecule has 24 heavy (non-hydrogen) atoms. The second-order valence-corrected chi connectivity index (χ2v) is 6.14. The van der Waals surface area contributed by atoms with Crippen molar-refractivity contribution in [2.75, 3.05) is 21.3 Å². The molecule has 0 atom stereocenters. The Labute approximate surface area is 148 Å². The number of aryl methyl sites for hydroxylation is 1. The van der Waals surface area contributed by atoms with Crippen molar-refractivity contribution in [1.29, 1.82) is 0 Å². The van der Waals surface area contributed by atoms with E-state index in [1.54, 1.807) is 27.5 Å². The zero-order chi connectivity index (χ0) is 17.3. The molecule has 1 heterocycles. The molecule has 124 valence electrons. The van der Waals surface area contributed by atoms with Gasteiger partial charge in [-0.05, 0) is 52.7 Å². The highest BCUT2D eigenvalue weighted by atomic mass is 79.9. The highest BCUT2D eigenvalue weighted by Gasteiger charge is 2.15. The molecule has 0 aliphatic carbocycles. The summed E-state index contributed by atoms with van der Waals surface area (Å²) >= 11 is 3.56. The lowest BCUT2D eigenvalue weighted by Gasteiger charge is -2.14. The van der Waals surface area contributed by atoms with E-state index in [4.69, 9.17) is 19.2 Å². The summed E-state index contributed by atoms with van der Waals surface area (Å²) in [7, 11) is 4.76. The topological polar surface area (TPSA) is 53.5 Å². The molecule has 0 spiro atoms. The Morgan fingerprint density at radius 2 is 1.58 bits per heavy atom. The molecule has 3 aromatic rings. The van der Waals surface area contributed by atoms with Crippen LogP contribution in [0.3, 0.4) is 0 Å². The maximum atomic E-state index is 5.41. The van der Waals surface area contributed by atoms with E-state index in [1.807, 2.05) is 31.2 Å². The molecule has 0 bridgehead atoms. The number of hydrogen-bond donors (Lipinski definition) is 0. The van der Waals surface area contributed by atoms with E-state index in [-0.39, 0.29) is 0 Å². The molecule has 0 radical (unpaired) electrons. The lowest BCUT2D eigenvalue weighted by molar-refractivity contribution is 0.324. The molecule has 0 aliphatic rings. The van der Waals surface area contributed by atoms with Crippen LogP contribution in [0.25, 0.3) is 22.3 Å². The van der Waals surface area contributed by atoms with Gasteiger partial charge < -0.3 is 14.2 Å². The normalized spacial score (nSPS) is 10.7. The fourth-order valence-corrected chi connectivity index (χ4v) is 3.23. The van der Waals surface area contributed by atoms with E-state index in [2.05, 4.69) is 20.9 Å². The van der Waals surface area contributed by atoms with Gasteiger partial charge >= 0.3 is 0 Å². The van der Waals surface area contributed by atoms with Crippen LogP contribution in [0.2, 0.25) is 0 Å². The summed E-state index contributed by atoms with van der Waals surface area (Å²) in [6, 6.07) is 7.75. The highest BCUT2D eigenvalue weighted by Crippen LogP contribution is 2.41. The molecule has 3 rings (SSSR count). The quantitative estimate of drug-likeness (QED) is 0.662. The summed E-state index contributed by atoms with van der Waals surface area (Å²) in [4.78, 5) is 9.26. The van der Waals surface area contributed by atoms with Gasteiger partial charge in [0.05, 0.1) is 38.7 Å². The molecule has 0 aliphatic heterocycles. The van der Waals surface area contributed by atoms with Crippen LogP contribution in [-0.2, 0) is 0 Å². The molecule has 1 aromatic heterocycles. The fraction of sp³-hybridized carbons (Fsp3) is 0.222. The maximum Gasteiger partial charge on any atom is 0.203 e. The van der Waals surface area contributed by atoms with Crippen molar-refractivity contribution in [1.82, 2.24) is 9.97 Å². The van der Waals surface area contributed by atoms with Crippen molar-refractivity contribution in [3.8, 4) is 28.5 Å². The maximum absolute atomic E-state index is 5.41. The van der Waals surface area contributed by atoms with E-state index < -0.39 is 0 Å². The molecular weight excluding hydrogens is 372 g/mol. The van der Waals surface area contributed by atoms with Gasteiger partial charge in [-0.1, -0.05) is 0 Å². The van der Waals surface area contributed by atoms with Gasteiger partial charge in [-0.3, -0.25) is 4.98 Å². The average molecular weight is 389 g/mol. The van der Waals surface area contributed by atoms with Crippen LogP contribution >= 0.6 is 15.9 Å². The smallest absolute Gasteiger partial charge is 0.203 e. The van der Waals surface area contributed by atoms with Gasteiger partial charge in [-0.15, -0.1) is 0 Å². The highest BCUT2D eigenvalue weighted by molar-refractivity contribution is 9.10. The summed E-state index contributed by atoms with van der Waals surface area (Å²) in [5.74, 6) is 1.71. The van der Waals surface area contributed by atoms with Crippen LogP contribution in [0.15, 0.2) is 34.9 Å². The van der Waals surface area contributed by atoms with Gasteiger partial charge in [0, 0.05) is 10.0 Å². The van der Waals surface area contributed by atoms with Crippen LogP contribution in [0.5, 0.6) is 17.2 Å². The minimum Gasteiger partial charge on any atom is -0.493 e. The molecule has 0 fully saturated rings. The van der Waals surface area contributed by atoms with Crippen LogP contribution < -0.4 is 14.2 Å². The summed E-state index contributed by atoms with van der Waals surface area (Å²) in [6.07, 6.45) is 1.74. The van der Waals surface area contributed by atoms with Gasteiger partial charge in [-0.2, -0.15) is 0 Å². The van der Waals surface area contributed by atoms with Crippen molar-refractivity contribution in [3.05, 3.63) is 40.5 Å². The number of benzene rings is 2. The monoisotopic (exact) mass is 388 g/mol. The van der Waals surface area contributed by atoms with Crippen LogP contribution in [-0.4, -0.2) is 31.3 Å². The largest absolute Gasteiger partial charge is 0.493 e. The van der Waals surface area contributed by atoms with Crippen LogP contribution in [0.4, 0.5) is 0 Å². The van der Waals surface area contributed by atoms with Gasteiger partial charge in [-0.25, -0.2) is 4.98 Å². The summed E-state index contributed by atoms with van der Waals surface area (Å²) in [5.41, 5.74) is 4.35. The van der Waals surface area contributed by atoms with Crippen molar-refractivity contribution in [3.63, 3.8) is 0 Å². The first-order valence-corrected chi connectivity index (χ1v) is 8.10. The summed E-state index contributed by atoms with van der Waals surface area (Å²) < 4.78 is 17.1. The molecule has 0 unspecified atom stereocenters. The van der Waals surface area contributed by atoms with Crippen LogP contribution in [0, 0.1) is 6.92 Å².